The normalized spacial score (nSPS) is 19.0. The molecule has 0 unspecified atom stereocenters. The molecule has 1 N–H and O–H groups in total. The van der Waals surface area contributed by atoms with Gasteiger partial charge in [-0.25, -0.2) is 4.79 Å². The van der Waals surface area contributed by atoms with Crippen molar-refractivity contribution in [1.82, 2.24) is 10.2 Å². The van der Waals surface area contributed by atoms with Gasteiger partial charge in [0.05, 0.1) is 4.92 Å². The number of amides is 3. The molecule has 1 saturated heterocycles. The van der Waals surface area contributed by atoms with Crippen molar-refractivity contribution >= 4 is 23.6 Å². The molecule has 3 amide bonds. The average molecular weight is 389 g/mol. The molecular weight excluding hydrogens is 366 g/mol. The van der Waals surface area contributed by atoms with Gasteiger partial charge in [0.1, 0.15) is 11.6 Å². The molecule has 1 aliphatic carbocycles. The number of rotatable bonds is 7. The molecule has 0 bridgehead atoms. The Morgan fingerprint density at radius 2 is 2.07 bits per heavy atom. The largest absolute Gasteiger partial charge is 0.458 e. The van der Waals surface area contributed by atoms with Crippen molar-refractivity contribution in [3.8, 4) is 0 Å². The fourth-order valence-corrected chi connectivity index (χ4v) is 3.79. The molecule has 150 valence electrons. The number of benzene rings is 1. The zero-order valence-electron chi connectivity index (χ0n) is 15.7. The van der Waals surface area contributed by atoms with Crippen molar-refractivity contribution in [2.24, 2.45) is 0 Å². The van der Waals surface area contributed by atoms with Crippen molar-refractivity contribution in [1.29, 1.82) is 0 Å². The number of nitrogens with zero attached hydrogens (tertiary/aromatic N) is 2. The number of carbonyl (C=O) groups is 3. The van der Waals surface area contributed by atoms with Crippen LogP contribution in [0.1, 0.15) is 57.1 Å². The number of carbonyl (C=O) groups excluding carboxylic acids is 3. The van der Waals surface area contributed by atoms with Crippen molar-refractivity contribution in [3.63, 3.8) is 0 Å². The monoisotopic (exact) mass is 389 g/mol. The van der Waals surface area contributed by atoms with E-state index in [-0.39, 0.29) is 24.6 Å². The molecule has 9 heteroatoms. The first-order valence-corrected chi connectivity index (χ1v) is 9.40. The van der Waals surface area contributed by atoms with E-state index in [1.165, 1.54) is 23.1 Å². The summed E-state index contributed by atoms with van der Waals surface area (Å²) in [5.41, 5.74) is -0.284. The molecule has 0 radical (unpaired) electrons. The van der Waals surface area contributed by atoms with Crippen LogP contribution in [0.2, 0.25) is 0 Å². The number of ether oxygens (including phenoxy) is 1. The summed E-state index contributed by atoms with van der Waals surface area (Å²) in [5, 5.41) is 13.6. The Balaban J connectivity index is 1.48. The van der Waals surface area contributed by atoms with Crippen LogP contribution in [0.15, 0.2) is 24.3 Å². The molecule has 1 spiro atoms. The predicted octanol–water partition coefficient (Wildman–Crippen LogP) is 2.84. The first kappa shape index (κ1) is 19.8. The van der Waals surface area contributed by atoms with Gasteiger partial charge in [-0.05, 0) is 31.7 Å². The van der Waals surface area contributed by atoms with E-state index in [0.717, 1.165) is 12.8 Å². The summed E-state index contributed by atoms with van der Waals surface area (Å²) in [5.74, 6) is -0.685. The number of hydrogen-bond donors (Lipinski definition) is 1. The summed E-state index contributed by atoms with van der Waals surface area (Å²) < 4.78 is 5.32. The van der Waals surface area contributed by atoms with Crippen LogP contribution in [0, 0.1) is 10.1 Å². The van der Waals surface area contributed by atoms with E-state index in [0.29, 0.717) is 24.8 Å². The van der Waals surface area contributed by atoms with Gasteiger partial charge >= 0.3 is 12.0 Å². The lowest BCUT2D eigenvalue weighted by molar-refractivity contribution is -0.385. The highest BCUT2D eigenvalue weighted by Crippen LogP contribution is 2.35. The Bertz CT molecular complexity index is 803. The van der Waals surface area contributed by atoms with Crippen LogP contribution in [-0.4, -0.2) is 39.8 Å². The second kappa shape index (κ2) is 7.95. The summed E-state index contributed by atoms with van der Waals surface area (Å²) in [4.78, 5) is 48.2. The van der Waals surface area contributed by atoms with Gasteiger partial charge in [-0.15, -0.1) is 0 Å². The number of non-ortho nitro benzene ring substituents is 1. The minimum atomic E-state index is -0.742. The second-order valence-corrected chi connectivity index (χ2v) is 7.26. The molecule has 2 aliphatic rings. The van der Waals surface area contributed by atoms with Gasteiger partial charge in [0.25, 0.3) is 11.6 Å². The zero-order valence-corrected chi connectivity index (χ0v) is 15.7. The Kier molecular flexibility index (Phi) is 5.62. The van der Waals surface area contributed by atoms with E-state index in [9.17, 15) is 24.5 Å². The first-order valence-electron chi connectivity index (χ1n) is 9.40. The maximum Gasteiger partial charge on any atom is 0.325 e. The van der Waals surface area contributed by atoms with Crippen LogP contribution in [0.5, 0.6) is 0 Å². The van der Waals surface area contributed by atoms with Gasteiger partial charge in [0.2, 0.25) is 0 Å². The van der Waals surface area contributed by atoms with Crippen molar-refractivity contribution in [3.05, 3.63) is 39.9 Å². The van der Waals surface area contributed by atoms with Gasteiger partial charge < -0.3 is 10.1 Å². The van der Waals surface area contributed by atoms with E-state index in [2.05, 4.69) is 5.32 Å². The maximum absolute atomic E-state index is 12.5. The minimum Gasteiger partial charge on any atom is -0.458 e. The van der Waals surface area contributed by atoms with Gasteiger partial charge in [-0.1, -0.05) is 25.0 Å². The lowest BCUT2D eigenvalue weighted by Gasteiger charge is -2.20. The van der Waals surface area contributed by atoms with Crippen molar-refractivity contribution in [2.45, 2.75) is 57.1 Å². The standard InChI is InChI=1S/C19H23N3O6/c1-13(14-6-4-7-15(12-14)22(26)27)28-16(23)8-5-11-21-17(24)19(20-18(21)25)9-2-3-10-19/h4,6-7,12-13H,2-3,5,8-11H2,1H3,(H,20,25)/t13-/m1/s1. The van der Waals surface area contributed by atoms with Crippen LogP contribution < -0.4 is 5.32 Å². The van der Waals surface area contributed by atoms with Crippen LogP contribution in [-0.2, 0) is 14.3 Å². The van der Waals surface area contributed by atoms with Gasteiger partial charge in [-0.3, -0.25) is 24.6 Å². The molecular formula is C19H23N3O6. The summed E-state index contributed by atoms with van der Waals surface area (Å²) in [6.45, 7) is 1.80. The number of imide groups is 1. The summed E-state index contributed by atoms with van der Waals surface area (Å²) in [7, 11) is 0. The van der Waals surface area contributed by atoms with E-state index in [1.807, 2.05) is 0 Å². The van der Waals surface area contributed by atoms with Crippen molar-refractivity contribution < 1.29 is 24.0 Å². The number of urea groups is 1. The SMILES string of the molecule is C[C@@H](OC(=O)CCCN1C(=O)NC2(CCCC2)C1=O)c1cccc([N+](=O)[O-])c1. The molecule has 2 fully saturated rings. The third-order valence-corrected chi connectivity index (χ3v) is 5.32. The van der Waals surface area contributed by atoms with Crippen LogP contribution in [0.4, 0.5) is 10.5 Å². The Morgan fingerprint density at radius 1 is 1.36 bits per heavy atom. The Labute approximate surface area is 162 Å². The van der Waals surface area contributed by atoms with Gasteiger partial charge in [0.15, 0.2) is 0 Å². The fourth-order valence-electron chi connectivity index (χ4n) is 3.79. The predicted molar refractivity (Wildman–Crippen MR) is 98.3 cm³/mol. The van der Waals surface area contributed by atoms with Gasteiger partial charge in [-0.2, -0.15) is 0 Å². The van der Waals surface area contributed by atoms with E-state index >= 15 is 0 Å². The molecule has 9 nitrogen and oxygen atoms in total. The Morgan fingerprint density at radius 3 is 2.75 bits per heavy atom. The highest BCUT2D eigenvalue weighted by atomic mass is 16.6. The zero-order chi connectivity index (χ0) is 20.3. The highest BCUT2D eigenvalue weighted by molar-refractivity contribution is 6.07. The minimum absolute atomic E-state index is 0.0450. The van der Waals surface area contributed by atoms with Crippen molar-refractivity contribution in [2.75, 3.05) is 6.54 Å². The summed E-state index contributed by atoms with van der Waals surface area (Å²) in [6.07, 6.45) is 2.88. The van der Waals surface area contributed by atoms with Gasteiger partial charge in [0, 0.05) is 25.1 Å². The average Bonchev–Trinajstić information content (AvgIpc) is 3.22. The van der Waals surface area contributed by atoms with Crippen LogP contribution in [0.3, 0.4) is 0 Å². The number of hydrogen-bond acceptors (Lipinski definition) is 6. The first-order chi connectivity index (χ1) is 13.3. The molecule has 28 heavy (non-hydrogen) atoms. The topological polar surface area (TPSA) is 119 Å². The third-order valence-electron chi connectivity index (χ3n) is 5.32. The summed E-state index contributed by atoms with van der Waals surface area (Å²) in [6, 6.07) is 5.53. The molecule has 1 saturated carbocycles. The number of esters is 1. The summed E-state index contributed by atoms with van der Waals surface area (Å²) >= 11 is 0. The van der Waals surface area contributed by atoms with E-state index in [4.69, 9.17) is 4.74 Å². The van der Waals surface area contributed by atoms with E-state index < -0.39 is 28.6 Å². The van der Waals surface area contributed by atoms with Crippen LogP contribution >= 0.6 is 0 Å². The molecule has 1 aromatic rings. The fraction of sp³-hybridized carbons (Fsp3) is 0.526. The number of nitro groups is 1. The smallest absolute Gasteiger partial charge is 0.325 e. The van der Waals surface area contributed by atoms with E-state index in [1.54, 1.807) is 13.0 Å². The maximum atomic E-state index is 12.5. The molecule has 1 atom stereocenters. The quantitative estimate of drug-likeness (QED) is 0.331. The third kappa shape index (κ3) is 3.97. The molecule has 3 rings (SSSR count). The highest BCUT2D eigenvalue weighted by Gasteiger charge is 2.52. The second-order valence-electron chi connectivity index (χ2n) is 7.26. The van der Waals surface area contributed by atoms with Crippen LogP contribution in [0.25, 0.3) is 0 Å². The molecule has 1 heterocycles. The molecule has 1 aromatic carbocycles. The lowest BCUT2D eigenvalue weighted by Crippen LogP contribution is -2.44. The molecule has 0 aromatic heterocycles. The molecule has 1 aliphatic heterocycles. The number of nitrogens with one attached hydrogen (secondary N) is 1. The Hall–Kier alpha value is -2.97. The number of nitro benzene ring substituents is 1. The lowest BCUT2D eigenvalue weighted by atomic mass is 9.98.